The minimum absolute atomic E-state index is 0.0395. The molecular formula is C21H26FNO5. The van der Waals surface area contributed by atoms with Crippen molar-refractivity contribution in [2.75, 3.05) is 20.3 Å². The predicted octanol–water partition coefficient (Wildman–Crippen LogP) is 2.72. The normalized spacial score (nSPS) is 11.8. The van der Waals surface area contributed by atoms with E-state index in [1.807, 2.05) is 32.0 Å². The van der Waals surface area contributed by atoms with Crippen LogP contribution in [0.25, 0.3) is 0 Å². The number of halogens is 1. The molecule has 0 aliphatic heterocycles. The average molecular weight is 391 g/mol. The van der Waals surface area contributed by atoms with Crippen molar-refractivity contribution < 1.29 is 28.5 Å². The molecule has 2 aromatic rings. The summed E-state index contributed by atoms with van der Waals surface area (Å²) in [4.78, 5) is 12.0. The van der Waals surface area contributed by atoms with Gasteiger partial charge < -0.3 is 24.6 Å². The molecule has 0 saturated heterocycles. The number of benzene rings is 2. The molecule has 0 fully saturated rings. The Hall–Kier alpha value is -2.80. The van der Waals surface area contributed by atoms with Gasteiger partial charge in [0.05, 0.1) is 13.2 Å². The lowest BCUT2D eigenvalue weighted by Crippen LogP contribution is -2.39. The molecule has 28 heavy (non-hydrogen) atoms. The van der Waals surface area contributed by atoms with Crippen LogP contribution in [0.5, 0.6) is 17.2 Å². The Labute approximate surface area is 164 Å². The second kappa shape index (κ2) is 10.5. The Balaban J connectivity index is 1.78. The van der Waals surface area contributed by atoms with Crippen LogP contribution < -0.4 is 19.5 Å². The molecule has 0 bridgehead atoms. The third-order valence-corrected chi connectivity index (χ3v) is 3.83. The van der Waals surface area contributed by atoms with Gasteiger partial charge in [-0.3, -0.25) is 4.79 Å². The Morgan fingerprint density at radius 2 is 1.86 bits per heavy atom. The summed E-state index contributed by atoms with van der Waals surface area (Å²) in [5.74, 6) is 0.757. The van der Waals surface area contributed by atoms with E-state index < -0.39 is 12.0 Å². The number of methoxy groups -OCH3 is 1. The SMILES string of the molecule is COc1cc(CCNC(=O)[C@H](O)COc2ccc(F)cc2)ccc1OC(C)C. The Morgan fingerprint density at radius 1 is 1.14 bits per heavy atom. The molecular weight excluding hydrogens is 365 g/mol. The minimum atomic E-state index is -1.32. The van der Waals surface area contributed by atoms with Crippen LogP contribution in [0.3, 0.4) is 0 Å². The van der Waals surface area contributed by atoms with Gasteiger partial charge in [0.1, 0.15) is 18.2 Å². The van der Waals surface area contributed by atoms with Crippen LogP contribution in [0.2, 0.25) is 0 Å². The van der Waals surface area contributed by atoms with Crippen LogP contribution in [0.1, 0.15) is 19.4 Å². The van der Waals surface area contributed by atoms with Crippen molar-refractivity contribution >= 4 is 5.91 Å². The van der Waals surface area contributed by atoms with Gasteiger partial charge >= 0.3 is 0 Å². The van der Waals surface area contributed by atoms with Crippen molar-refractivity contribution in [3.8, 4) is 17.2 Å². The molecule has 0 unspecified atom stereocenters. The van der Waals surface area contributed by atoms with E-state index in [9.17, 15) is 14.3 Å². The molecule has 0 spiro atoms. The molecule has 7 heteroatoms. The minimum Gasteiger partial charge on any atom is -0.493 e. The number of carbonyl (C=O) groups excluding carboxylic acids is 1. The summed E-state index contributed by atoms with van der Waals surface area (Å²) < 4.78 is 29.1. The number of carbonyl (C=O) groups is 1. The zero-order valence-electron chi connectivity index (χ0n) is 16.3. The number of ether oxygens (including phenoxy) is 3. The lowest BCUT2D eigenvalue weighted by molar-refractivity contribution is -0.130. The average Bonchev–Trinajstić information content (AvgIpc) is 2.67. The topological polar surface area (TPSA) is 77.0 Å². The van der Waals surface area contributed by atoms with Crippen LogP contribution in [-0.4, -0.2) is 43.5 Å². The van der Waals surface area contributed by atoms with Crippen molar-refractivity contribution in [2.45, 2.75) is 32.5 Å². The molecule has 1 atom stereocenters. The maximum absolute atomic E-state index is 12.8. The number of hydrogen-bond acceptors (Lipinski definition) is 5. The Kier molecular flexibility index (Phi) is 8.07. The van der Waals surface area contributed by atoms with Gasteiger partial charge in [0.2, 0.25) is 0 Å². The van der Waals surface area contributed by atoms with Crippen LogP contribution >= 0.6 is 0 Å². The number of amides is 1. The van der Waals surface area contributed by atoms with E-state index >= 15 is 0 Å². The van der Waals surface area contributed by atoms with Crippen molar-refractivity contribution in [2.24, 2.45) is 0 Å². The summed E-state index contributed by atoms with van der Waals surface area (Å²) in [5.41, 5.74) is 0.963. The highest BCUT2D eigenvalue weighted by molar-refractivity contribution is 5.80. The van der Waals surface area contributed by atoms with E-state index in [-0.39, 0.29) is 18.5 Å². The van der Waals surface area contributed by atoms with E-state index in [1.54, 1.807) is 7.11 Å². The van der Waals surface area contributed by atoms with Crippen LogP contribution in [0, 0.1) is 5.82 Å². The highest BCUT2D eigenvalue weighted by Crippen LogP contribution is 2.29. The zero-order chi connectivity index (χ0) is 20.5. The fourth-order valence-electron chi connectivity index (χ4n) is 2.45. The van der Waals surface area contributed by atoms with Crippen LogP contribution in [-0.2, 0) is 11.2 Å². The van der Waals surface area contributed by atoms with Gasteiger partial charge in [-0.15, -0.1) is 0 Å². The second-order valence-corrected chi connectivity index (χ2v) is 6.47. The standard InChI is InChI=1S/C21H26FNO5/c1-14(2)28-19-9-4-15(12-20(19)26-3)10-11-23-21(25)18(24)13-27-17-7-5-16(22)6-8-17/h4-9,12,14,18,24H,10-11,13H2,1-3H3,(H,23,25)/t18-/m1/s1. The number of aliphatic hydroxyl groups excluding tert-OH is 1. The van der Waals surface area contributed by atoms with Gasteiger partial charge in [-0.05, 0) is 62.2 Å². The van der Waals surface area contributed by atoms with E-state index in [0.29, 0.717) is 30.2 Å². The predicted molar refractivity (Wildman–Crippen MR) is 103 cm³/mol. The lowest BCUT2D eigenvalue weighted by Gasteiger charge is -2.15. The first-order chi connectivity index (χ1) is 13.4. The highest BCUT2D eigenvalue weighted by Gasteiger charge is 2.15. The van der Waals surface area contributed by atoms with Gasteiger partial charge in [-0.25, -0.2) is 4.39 Å². The van der Waals surface area contributed by atoms with Crippen molar-refractivity contribution in [3.63, 3.8) is 0 Å². The molecule has 0 aliphatic carbocycles. The van der Waals surface area contributed by atoms with Crippen LogP contribution in [0.15, 0.2) is 42.5 Å². The Bertz CT molecular complexity index is 764. The summed E-state index contributed by atoms with van der Waals surface area (Å²) in [6, 6.07) is 10.9. The first-order valence-corrected chi connectivity index (χ1v) is 9.06. The fraction of sp³-hybridized carbons (Fsp3) is 0.381. The summed E-state index contributed by atoms with van der Waals surface area (Å²) in [5, 5.41) is 12.5. The van der Waals surface area contributed by atoms with Gasteiger partial charge in [-0.2, -0.15) is 0 Å². The summed E-state index contributed by atoms with van der Waals surface area (Å²) in [7, 11) is 1.57. The summed E-state index contributed by atoms with van der Waals surface area (Å²) >= 11 is 0. The highest BCUT2D eigenvalue weighted by atomic mass is 19.1. The number of hydrogen-bond donors (Lipinski definition) is 2. The third-order valence-electron chi connectivity index (χ3n) is 3.83. The van der Waals surface area contributed by atoms with Crippen molar-refractivity contribution in [1.29, 1.82) is 0 Å². The molecule has 6 nitrogen and oxygen atoms in total. The number of nitrogens with one attached hydrogen (secondary N) is 1. The monoisotopic (exact) mass is 391 g/mol. The third kappa shape index (κ3) is 6.74. The van der Waals surface area contributed by atoms with Crippen molar-refractivity contribution in [3.05, 3.63) is 53.8 Å². The molecule has 0 radical (unpaired) electrons. The smallest absolute Gasteiger partial charge is 0.252 e. The van der Waals surface area contributed by atoms with Gasteiger partial charge in [0.25, 0.3) is 5.91 Å². The second-order valence-electron chi connectivity index (χ2n) is 6.47. The number of rotatable bonds is 10. The lowest BCUT2D eigenvalue weighted by atomic mass is 10.1. The zero-order valence-corrected chi connectivity index (χ0v) is 16.3. The molecule has 0 heterocycles. The van der Waals surface area contributed by atoms with Crippen molar-refractivity contribution in [1.82, 2.24) is 5.32 Å². The first kappa shape index (κ1) is 21.5. The van der Waals surface area contributed by atoms with Crippen LogP contribution in [0.4, 0.5) is 4.39 Å². The largest absolute Gasteiger partial charge is 0.493 e. The maximum Gasteiger partial charge on any atom is 0.252 e. The Morgan fingerprint density at radius 3 is 2.50 bits per heavy atom. The fourth-order valence-corrected chi connectivity index (χ4v) is 2.45. The van der Waals surface area contributed by atoms with E-state index in [1.165, 1.54) is 24.3 Å². The molecule has 0 aliphatic rings. The quantitative estimate of drug-likeness (QED) is 0.651. The summed E-state index contributed by atoms with van der Waals surface area (Å²) in [6.07, 6.45) is -0.714. The maximum atomic E-state index is 12.8. The van der Waals surface area contributed by atoms with Gasteiger partial charge in [0.15, 0.2) is 17.6 Å². The molecule has 0 saturated carbocycles. The van der Waals surface area contributed by atoms with Gasteiger partial charge in [-0.1, -0.05) is 6.07 Å². The first-order valence-electron chi connectivity index (χ1n) is 9.06. The van der Waals surface area contributed by atoms with E-state index in [4.69, 9.17) is 14.2 Å². The molecule has 0 aromatic heterocycles. The summed E-state index contributed by atoms with van der Waals surface area (Å²) in [6.45, 7) is 4.01. The van der Waals surface area contributed by atoms with E-state index in [2.05, 4.69) is 5.32 Å². The molecule has 152 valence electrons. The van der Waals surface area contributed by atoms with E-state index in [0.717, 1.165) is 5.56 Å². The molecule has 2 rings (SSSR count). The van der Waals surface area contributed by atoms with Gasteiger partial charge in [0, 0.05) is 6.54 Å². The molecule has 2 N–H and O–H groups in total. The molecule has 1 amide bonds. The number of aliphatic hydroxyl groups is 1. The molecule has 2 aromatic carbocycles.